The fourth-order valence-corrected chi connectivity index (χ4v) is 4.09. The van der Waals surface area contributed by atoms with Gasteiger partial charge in [-0.15, -0.1) is 35.3 Å². The zero-order valence-electron chi connectivity index (χ0n) is 17.1. The standard InChI is InChI=1S/C21H29N5OS.HI/c1-3-22-21(24-13-10-19-25-15-16(2)28-19)23-12-6-9-20(27)26-14-11-17-7-4-5-8-18(17)26;/h4-5,7-8,15H,3,6,9-14H2,1-2H3,(H2,22,23,24);1H. The normalized spacial score (nSPS) is 13.0. The van der Waals surface area contributed by atoms with Crippen LogP contribution >= 0.6 is 35.3 Å². The summed E-state index contributed by atoms with van der Waals surface area (Å²) >= 11 is 1.73. The van der Waals surface area contributed by atoms with E-state index in [0.29, 0.717) is 13.0 Å². The minimum Gasteiger partial charge on any atom is -0.357 e. The molecule has 158 valence electrons. The lowest BCUT2D eigenvalue weighted by atomic mass is 10.2. The molecule has 0 fully saturated rings. The smallest absolute Gasteiger partial charge is 0.227 e. The predicted octanol–water partition coefficient (Wildman–Crippen LogP) is 3.54. The van der Waals surface area contributed by atoms with Gasteiger partial charge in [0, 0.05) is 55.8 Å². The van der Waals surface area contributed by atoms with E-state index < -0.39 is 0 Å². The highest BCUT2D eigenvalue weighted by molar-refractivity contribution is 14.0. The molecule has 0 unspecified atom stereocenters. The number of aryl methyl sites for hydroxylation is 1. The number of para-hydroxylation sites is 1. The van der Waals surface area contributed by atoms with E-state index in [1.165, 1.54) is 10.4 Å². The zero-order valence-corrected chi connectivity index (χ0v) is 20.3. The summed E-state index contributed by atoms with van der Waals surface area (Å²) in [5, 5.41) is 7.74. The Labute approximate surface area is 194 Å². The fourth-order valence-electron chi connectivity index (χ4n) is 3.30. The molecule has 0 atom stereocenters. The number of hydrogen-bond acceptors (Lipinski definition) is 4. The number of hydrogen-bond donors (Lipinski definition) is 2. The van der Waals surface area contributed by atoms with Crippen molar-refractivity contribution >= 4 is 52.9 Å². The molecule has 0 aliphatic carbocycles. The molecule has 1 aromatic carbocycles. The highest BCUT2D eigenvalue weighted by Crippen LogP contribution is 2.28. The molecule has 0 saturated heterocycles. The number of aliphatic imine (C=N–C) groups is 1. The van der Waals surface area contributed by atoms with E-state index in [9.17, 15) is 4.79 Å². The van der Waals surface area contributed by atoms with Gasteiger partial charge in [-0.1, -0.05) is 18.2 Å². The number of rotatable bonds is 8. The van der Waals surface area contributed by atoms with Gasteiger partial charge in [-0.2, -0.15) is 0 Å². The molecule has 0 spiro atoms. The van der Waals surface area contributed by atoms with E-state index in [1.807, 2.05) is 29.3 Å². The van der Waals surface area contributed by atoms with Crippen molar-refractivity contribution < 1.29 is 4.79 Å². The second-order valence-corrected chi connectivity index (χ2v) is 8.15. The van der Waals surface area contributed by atoms with Crippen LogP contribution in [0.5, 0.6) is 0 Å². The molecule has 2 N–H and O–H groups in total. The number of carbonyl (C=O) groups excluding carboxylic acids is 1. The third-order valence-corrected chi connectivity index (χ3v) is 5.62. The Hall–Kier alpha value is -1.68. The van der Waals surface area contributed by atoms with Gasteiger partial charge in [0.1, 0.15) is 0 Å². The summed E-state index contributed by atoms with van der Waals surface area (Å²) in [5.41, 5.74) is 2.34. The van der Waals surface area contributed by atoms with Crippen LogP contribution in [0.4, 0.5) is 5.69 Å². The highest BCUT2D eigenvalue weighted by atomic mass is 127. The zero-order chi connectivity index (χ0) is 19.8. The molecular formula is C21H30IN5OS. The van der Waals surface area contributed by atoms with Gasteiger partial charge < -0.3 is 15.5 Å². The van der Waals surface area contributed by atoms with Crippen LogP contribution in [0.1, 0.15) is 35.2 Å². The Morgan fingerprint density at radius 3 is 2.90 bits per heavy atom. The molecule has 1 aromatic heterocycles. The third-order valence-electron chi connectivity index (χ3n) is 4.65. The monoisotopic (exact) mass is 527 g/mol. The largest absolute Gasteiger partial charge is 0.357 e. The third kappa shape index (κ3) is 6.95. The van der Waals surface area contributed by atoms with Gasteiger partial charge in [0.15, 0.2) is 5.96 Å². The first-order valence-electron chi connectivity index (χ1n) is 9.99. The van der Waals surface area contributed by atoms with Crippen molar-refractivity contribution in [1.82, 2.24) is 15.6 Å². The van der Waals surface area contributed by atoms with Crippen molar-refractivity contribution in [2.45, 2.75) is 39.5 Å². The molecular weight excluding hydrogens is 497 g/mol. The number of nitrogens with one attached hydrogen (secondary N) is 2. The van der Waals surface area contributed by atoms with E-state index in [4.69, 9.17) is 0 Å². The van der Waals surface area contributed by atoms with Gasteiger partial charge in [0.25, 0.3) is 0 Å². The summed E-state index contributed by atoms with van der Waals surface area (Å²) in [6, 6.07) is 8.17. The number of thiazole rings is 1. The van der Waals surface area contributed by atoms with Crippen LogP contribution in [0.3, 0.4) is 0 Å². The van der Waals surface area contributed by atoms with E-state index in [-0.39, 0.29) is 29.9 Å². The lowest BCUT2D eigenvalue weighted by molar-refractivity contribution is -0.118. The number of carbonyl (C=O) groups is 1. The van der Waals surface area contributed by atoms with Crippen LogP contribution < -0.4 is 15.5 Å². The number of halogens is 1. The molecule has 2 aromatic rings. The van der Waals surface area contributed by atoms with Crippen LogP contribution in [-0.4, -0.2) is 43.0 Å². The van der Waals surface area contributed by atoms with Crippen molar-refractivity contribution in [3.63, 3.8) is 0 Å². The molecule has 1 amide bonds. The molecule has 0 bridgehead atoms. The summed E-state index contributed by atoms with van der Waals surface area (Å²) in [5.74, 6) is 0.993. The minimum absolute atomic E-state index is 0. The first-order valence-corrected chi connectivity index (χ1v) is 10.8. The number of benzene rings is 1. The number of aromatic nitrogens is 1. The number of fused-ring (bicyclic) bond motifs is 1. The second-order valence-electron chi connectivity index (χ2n) is 6.83. The number of nitrogens with zero attached hydrogens (tertiary/aromatic N) is 3. The molecule has 8 heteroatoms. The van der Waals surface area contributed by atoms with Gasteiger partial charge >= 0.3 is 0 Å². The average Bonchev–Trinajstić information content (AvgIpc) is 3.31. The Morgan fingerprint density at radius 2 is 2.14 bits per heavy atom. The maximum Gasteiger partial charge on any atom is 0.227 e. The van der Waals surface area contributed by atoms with Crippen LogP contribution in [0, 0.1) is 6.92 Å². The molecule has 29 heavy (non-hydrogen) atoms. The van der Waals surface area contributed by atoms with E-state index >= 15 is 0 Å². The Bertz CT molecular complexity index is 823. The molecule has 0 radical (unpaired) electrons. The summed E-state index contributed by atoms with van der Waals surface area (Å²) in [6.07, 6.45) is 5.02. The highest BCUT2D eigenvalue weighted by Gasteiger charge is 2.23. The van der Waals surface area contributed by atoms with E-state index in [2.05, 4.69) is 40.5 Å². The Kier molecular flexibility index (Phi) is 9.86. The molecule has 6 nitrogen and oxygen atoms in total. The van der Waals surface area contributed by atoms with Crippen LogP contribution in [0.15, 0.2) is 35.5 Å². The average molecular weight is 527 g/mol. The van der Waals surface area contributed by atoms with Gasteiger partial charge in [-0.25, -0.2) is 4.98 Å². The van der Waals surface area contributed by atoms with Crippen LogP contribution in [-0.2, 0) is 17.6 Å². The van der Waals surface area contributed by atoms with Crippen molar-refractivity contribution in [3.8, 4) is 0 Å². The number of guanidine groups is 1. The minimum atomic E-state index is 0. The maximum atomic E-state index is 12.5. The Balaban J connectivity index is 0.00000300. The number of amides is 1. The molecule has 3 rings (SSSR count). The summed E-state index contributed by atoms with van der Waals surface area (Å²) in [6.45, 7) is 7.15. The first kappa shape index (κ1) is 23.6. The van der Waals surface area contributed by atoms with Gasteiger partial charge in [0.05, 0.1) is 5.01 Å². The Morgan fingerprint density at radius 1 is 1.31 bits per heavy atom. The molecule has 1 aliphatic heterocycles. The van der Waals surface area contributed by atoms with Gasteiger partial charge in [-0.05, 0) is 38.3 Å². The van der Waals surface area contributed by atoms with Crippen molar-refractivity contribution in [2.75, 3.05) is 31.1 Å². The van der Waals surface area contributed by atoms with Crippen LogP contribution in [0.25, 0.3) is 0 Å². The first-order chi connectivity index (χ1) is 13.7. The van der Waals surface area contributed by atoms with E-state index in [0.717, 1.165) is 55.6 Å². The predicted molar refractivity (Wildman–Crippen MR) is 132 cm³/mol. The lowest BCUT2D eigenvalue weighted by Gasteiger charge is -2.17. The second kappa shape index (κ2) is 12.1. The van der Waals surface area contributed by atoms with Crippen molar-refractivity contribution in [2.24, 2.45) is 4.99 Å². The fraction of sp³-hybridized carbons (Fsp3) is 0.476. The van der Waals surface area contributed by atoms with Crippen molar-refractivity contribution in [1.29, 1.82) is 0 Å². The van der Waals surface area contributed by atoms with Gasteiger partial charge in [0.2, 0.25) is 5.91 Å². The summed E-state index contributed by atoms with van der Waals surface area (Å²) in [7, 11) is 0. The SMILES string of the molecule is CCNC(=NCCCC(=O)N1CCc2ccccc21)NCCc1ncc(C)s1.I. The van der Waals surface area contributed by atoms with Crippen molar-refractivity contribution in [3.05, 3.63) is 45.9 Å². The van der Waals surface area contributed by atoms with Gasteiger partial charge in [-0.3, -0.25) is 9.79 Å². The molecule has 2 heterocycles. The van der Waals surface area contributed by atoms with Crippen LogP contribution in [0.2, 0.25) is 0 Å². The summed E-state index contributed by atoms with van der Waals surface area (Å²) in [4.78, 5) is 24.7. The molecule has 1 aliphatic rings. The quantitative estimate of drug-likeness (QED) is 0.239. The van der Waals surface area contributed by atoms with E-state index in [1.54, 1.807) is 11.3 Å². The summed E-state index contributed by atoms with van der Waals surface area (Å²) < 4.78 is 0. The topological polar surface area (TPSA) is 69.6 Å². The molecule has 0 saturated carbocycles. The maximum absolute atomic E-state index is 12.5. The number of anilines is 1. The lowest BCUT2D eigenvalue weighted by Crippen LogP contribution is -2.38.